The smallest absolute Gasteiger partial charge is 0.240 e. The lowest BCUT2D eigenvalue weighted by molar-refractivity contribution is 0.265. The molecule has 16 heavy (non-hydrogen) atoms. The molecule has 0 aliphatic carbocycles. The number of nitrogens with one attached hydrogen (secondary N) is 1. The number of hydrogen-bond donors (Lipinski definition) is 2. The number of benzene rings is 1. The van der Waals surface area contributed by atoms with E-state index in [0.717, 1.165) is 10.0 Å². The molecule has 0 saturated heterocycles. The Kier molecular flexibility index (Phi) is 4.49. The molecule has 1 aromatic rings. The Hall–Kier alpha value is -0.430. The fourth-order valence-electron chi connectivity index (χ4n) is 1.15. The highest BCUT2D eigenvalue weighted by molar-refractivity contribution is 9.10. The first kappa shape index (κ1) is 13.6. The summed E-state index contributed by atoms with van der Waals surface area (Å²) in [6.45, 7) is 3.19. The highest BCUT2D eigenvalue weighted by atomic mass is 79.9. The summed E-state index contributed by atoms with van der Waals surface area (Å²) in [4.78, 5) is 0.202. The first-order chi connectivity index (χ1) is 7.36. The van der Waals surface area contributed by atoms with Gasteiger partial charge >= 0.3 is 0 Å². The molecule has 1 atom stereocenters. The number of rotatable bonds is 4. The van der Waals surface area contributed by atoms with E-state index in [4.69, 9.17) is 5.11 Å². The number of aliphatic hydroxyl groups excluding tert-OH is 1. The van der Waals surface area contributed by atoms with Crippen molar-refractivity contribution in [3.63, 3.8) is 0 Å². The number of aryl methyl sites for hydroxylation is 1. The minimum atomic E-state index is -3.54. The maximum atomic E-state index is 11.8. The summed E-state index contributed by atoms with van der Waals surface area (Å²) in [7, 11) is -3.54. The molecule has 0 saturated carbocycles. The van der Waals surface area contributed by atoms with Crippen LogP contribution in [-0.2, 0) is 10.0 Å². The second kappa shape index (κ2) is 5.27. The van der Waals surface area contributed by atoms with E-state index >= 15 is 0 Å². The standard InChI is InChI=1S/C10H14BrNO3S/c1-7-5-9(3-4-10(7)11)16(14,15)12-8(2)6-13/h3-5,8,12-13H,6H2,1-2H3. The average molecular weight is 308 g/mol. The predicted octanol–water partition coefficient (Wildman–Crippen LogP) is 1.42. The van der Waals surface area contributed by atoms with Crippen molar-refractivity contribution in [1.82, 2.24) is 4.72 Å². The third-order valence-electron chi connectivity index (χ3n) is 2.07. The molecule has 6 heteroatoms. The van der Waals surface area contributed by atoms with Gasteiger partial charge in [0.25, 0.3) is 0 Å². The molecule has 1 rings (SSSR count). The van der Waals surface area contributed by atoms with Crippen molar-refractivity contribution in [2.75, 3.05) is 6.61 Å². The van der Waals surface area contributed by atoms with E-state index < -0.39 is 16.1 Å². The van der Waals surface area contributed by atoms with Crippen LogP contribution in [0.4, 0.5) is 0 Å². The fourth-order valence-corrected chi connectivity index (χ4v) is 2.72. The van der Waals surface area contributed by atoms with Gasteiger partial charge in [-0.05, 0) is 37.6 Å². The number of hydrogen-bond acceptors (Lipinski definition) is 3. The molecule has 0 aromatic heterocycles. The molecule has 0 bridgehead atoms. The van der Waals surface area contributed by atoms with Gasteiger partial charge in [0.05, 0.1) is 11.5 Å². The minimum Gasteiger partial charge on any atom is -0.395 e. The van der Waals surface area contributed by atoms with Gasteiger partial charge in [-0.25, -0.2) is 13.1 Å². The molecule has 0 amide bonds. The van der Waals surface area contributed by atoms with E-state index in [1.165, 1.54) is 6.07 Å². The molecular formula is C10H14BrNO3S. The quantitative estimate of drug-likeness (QED) is 0.884. The Balaban J connectivity index is 3.03. The molecule has 1 aromatic carbocycles. The lowest BCUT2D eigenvalue weighted by Crippen LogP contribution is -2.35. The normalized spacial score (nSPS) is 13.8. The first-order valence-corrected chi connectivity index (χ1v) is 7.04. The predicted molar refractivity (Wildman–Crippen MR) is 65.7 cm³/mol. The van der Waals surface area contributed by atoms with Crippen molar-refractivity contribution < 1.29 is 13.5 Å². The van der Waals surface area contributed by atoms with Gasteiger partial charge in [-0.1, -0.05) is 15.9 Å². The number of halogens is 1. The Bertz CT molecular complexity index is 473. The van der Waals surface area contributed by atoms with E-state index in [9.17, 15) is 8.42 Å². The van der Waals surface area contributed by atoms with Gasteiger partial charge in [0.2, 0.25) is 10.0 Å². The van der Waals surface area contributed by atoms with Gasteiger partial charge in [0.1, 0.15) is 0 Å². The molecule has 0 fully saturated rings. The summed E-state index contributed by atoms with van der Waals surface area (Å²) >= 11 is 3.31. The molecule has 2 N–H and O–H groups in total. The van der Waals surface area contributed by atoms with Gasteiger partial charge in [-0.2, -0.15) is 0 Å². The van der Waals surface area contributed by atoms with Crippen LogP contribution >= 0.6 is 15.9 Å². The van der Waals surface area contributed by atoms with Gasteiger partial charge in [-0.3, -0.25) is 0 Å². The summed E-state index contributed by atoms with van der Waals surface area (Å²) in [6, 6.07) is 4.29. The third kappa shape index (κ3) is 3.28. The van der Waals surface area contributed by atoms with Crippen molar-refractivity contribution in [3.8, 4) is 0 Å². The highest BCUT2D eigenvalue weighted by Crippen LogP contribution is 2.19. The van der Waals surface area contributed by atoms with E-state index in [2.05, 4.69) is 20.7 Å². The second-order valence-corrected chi connectivity index (χ2v) is 6.18. The maximum Gasteiger partial charge on any atom is 0.240 e. The topological polar surface area (TPSA) is 66.4 Å². The van der Waals surface area contributed by atoms with Crippen LogP contribution in [0.5, 0.6) is 0 Å². The van der Waals surface area contributed by atoms with Crippen LogP contribution in [0, 0.1) is 6.92 Å². The zero-order chi connectivity index (χ0) is 12.3. The summed E-state index contributed by atoms with van der Waals surface area (Å²) in [6.07, 6.45) is 0. The largest absolute Gasteiger partial charge is 0.395 e. The van der Waals surface area contributed by atoms with Gasteiger partial charge in [-0.15, -0.1) is 0 Å². The zero-order valence-corrected chi connectivity index (χ0v) is 11.5. The summed E-state index contributed by atoms with van der Waals surface area (Å²) in [5.41, 5.74) is 0.847. The van der Waals surface area contributed by atoms with Crippen LogP contribution in [0.25, 0.3) is 0 Å². The van der Waals surface area contributed by atoms with E-state index in [0.29, 0.717) is 0 Å². The Morgan fingerprint density at radius 2 is 2.12 bits per heavy atom. The maximum absolute atomic E-state index is 11.8. The summed E-state index contributed by atoms with van der Waals surface area (Å²) < 4.78 is 26.9. The van der Waals surface area contributed by atoms with E-state index in [1.54, 1.807) is 19.1 Å². The van der Waals surface area contributed by atoms with Crippen LogP contribution in [-0.4, -0.2) is 26.2 Å². The molecule has 90 valence electrons. The Morgan fingerprint density at radius 1 is 1.50 bits per heavy atom. The molecular weight excluding hydrogens is 294 g/mol. The monoisotopic (exact) mass is 307 g/mol. The fraction of sp³-hybridized carbons (Fsp3) is 0.400. The summed E-state index contributed by atoms with van der Waals surface area (Å²) in [5, 5.41) is 8.81. The van der Waals surface area contributed by atoms with Crippen LogP contribution in [0.2, 0.25) is 0 Å². The molecule has 0 aliphatic rings. The Morgan fingerprint density at radius 3 is 2.62 bits per heavy atom. The van der Waals surface area contributed by atoms with E-state index in [1.807, 2.05) is 6.92 Å². The summed E-state index contributed by atoms with van der Waals surface area (Å²) in [5.74, 6) is 0. The van der Waals surface area contributed by atoms with Crippen molar-refractivity contribution in [2.45, 2.75) is 24.8 Å². The average Bonchev–Trinajstić information content (AvgIpc) is 2.21. The molecule has 0 heterocycles. The molecule has 0 radical (unpaired) electrons. The molecule has 0 spiro atoms. The lowest BCUT2D eigenvalue weighted by atomic mass is 10.2. The molecule has 4 nitrogen and oxygen atoms in total. The SMILES string of the molecule is Cc1cc(S(=O)(=O)NC(C)CO)ccc1Br. The second-order valence-electron chi connectivity index (χ2n) is 3.62. The van der Waals surface area contributed by atoms with Crippen LogP contribution in [0.3, 0.4) is 0 Å². The molecule has 1 unspecified atom stereocenters. The van der Waals surface area contributed by atoms with Crippen LogP contribution in [0.15, 0.2) is 27.6 Å². The van der Waals surface area contributed by atoms with Gasteiger partial charge < -0.3 is 5.11 Å². The van der Waals surface area contributed by atoms with Gasteiger partial charge in [0.15, 0.2) is 0 Å². The Labute approximate surface area is 104 Å². The van der Waals surface area contributed by atoms with Crippen LogP contribution < -0.4 is 4.72 Å². The van der Waals surface area contributed by atoms with Crippen molar-refractivity contribution >= 4 is 26.0 Å². The number of sulfonamides is 1. The van der Waals surface area contributed by atoms with Gasteiger partial charge in [0, 0.05) is 10.5 Å². The first-order valence-electron chi connectivity index (χ1n) is 4.76. The van der Waals surface area contributed by atoms with Crippen molar-refractivity contribution in [3.05, 3.63) is 28.2 Å². The molecule has 0 aliphatic heterocycles. The lowest BCUT2D eigenvalue weighted by Gasteiger charge is -2.12. The zero-order valence-electron chi connectivity index (χ0n) is 9.07. The van der Waals surface area contributed by atoms with E-state index in [-0.39, 0.29) is 11.5 Å². The highest BCUT2D eigenvalue weighted by Gasteiger charge is 2.17. The third-order valence-corrected chi connectivity index (χ3v) is 4.55. The minimum absolute atomic E-state index is 0.202. The van der Waals surface area contributed by atoms with Crippen molar-refractivity contribution in [2.24, 2.45) is 0 Å². The number of aliphatic hydroxyl groups is 1. The van der Waals surface area contributed by atoms with Crippen LogP contribution in [0.1, 0.15) is 12.5 Å². The van der Waals surface area contributed by atoms with Crippen molar-refractivity contribution in [1.29, 1.82) is 0 Å².